The van der Waals surface area contributed by atoms with Gasteiger partial charge in [-0.3, -0.25) is 14.4 Å². The Morgan fingerprint density at radius 3 is 2.33 bits per heavy atom. The number of nitrogens with zero attached hydrogens (tertiary/aromatic N) is 1. The number of halogens is 1. The van der Waals surface area contributed by atoms with Gasteiger partial charge in [-0.05, 0) is 68.4 Å². The van der Waals surface area contributed by atoms with Crippen molar-refractivity contribution in [1.29, 1.82) is 0 Å². The highest BCUT2D eigenvalue weighted by atomic mass is 19.1. The molecule has 0 saturated carbocycles. The molecule has 0 amide bonds. The van der Waals surface area contributed by atoms with Crippen LogP contribution in [0.1, 0.15) is 74.5 Å². The van der Waals surface area contributed by atoms with E-state index in [4.69, 9.17) is 9.47 Å². The molecule has 2 aromatic rings. The van der Waals surface area contributed by atoms with E-state index in [1.165, 1.54) is 12.1 Å². The standard InChI is InChI=1S/C34H36FNO6/c1-3-8-22-18-23(19-29(41-4-2)34(22)42-20-21-9-5-10-24(35)17-21)31-32-25(11-6-13-27(32)37)36(16-15-30(39)40)26-12-7-14-28(38)33(26)31/h3,5,9-10,17-19,31H,1,4,6-8,11-16,20H2,2H3,(H,39,40). The molecule has 0 saturated heterocycles. The van der Waals surface area contributed by atoms with Crippen molar-refractivity contribution in [3.63, 3.8) is 0 Å². The van der Waals surface area contributed by atoms with Crippen molar-refractivity contribution in [2.45, 2.75) is 70.8 Å². The maximum absolute atomic E-state index is 13.8. The quantitative estimate of drug-likeness (QED) is 0.310. The predicted molar refractivity (Wildman–Crippen MR) is 156 cm³/mol. The van der Waals surface area contributed by atoms with Crippen LogP contribution in [0.2, 0.25) is 0 Å². The molecule has 220 valence electrons. The summed E-state index contributed by atoms with van der Waals surface area (Å²) in [5.41, 5.74) is 5.05. The van der Waals surface area contributed by atoms with Crippen LogP contribution in [0.4, 0.5) is 4.39 Å². The zero-order chi connectivity index (χ0) is 29.8. The fourth-order valence-electron chi connectivity index (χ4n) is 6.39. The van der Waals surface area contributed by atoms with Crippen molar-refractivity contribution >= 4 is 17.5 Å². The summed E-state index contributed by atoms with van der Waals surface area (Å²) >= 11 is 0. The largest absolute Gasteiger partial charge is 0.490 e. The highest BCUT2D eigenvalue weighted by Crippen LogP contribution is 2.50. The van der Waals surface area contributed by atoms with Crippen molar-refractivity contribution in [1.82, 2.24) is 4.90 Å². The lowest BCUT2D eigenvalue weighted by atomic mass is 9.70. The van der Waals surface area contributed by atoms with E-state index in [2.05, 4.69) is 6.58 Å². The lowest BCUT2D eigenvalue weighted by molar-refractivity contribution is -0.137. The molecule has 0 aromatic heterocycles. The Labute approximate surface area is 245 Å². The number of ether oxygens (including phenoxy) is 2. The lowest BCUT2D eigenvalue weighted by Crippen LogP contribution is -2.40. The molecular formula is C34H36FNO6. The smallest absolute Gasteiger partial charge is 0.305 e. The van der Waals surface area contributed by atoms with Gasteiger partial charge < -0.3 is 19.5 Å². The van der Waals surface area contributed by atoms with Crippen molar-refractivity contribution < 1.29 is 33.4 Å². The molecule has 7 nitrogen and oxygen atoms in total. The first kappa shape index (κ1) is 29.3. The van der Waals surface area contributed by atoms with Crippen molar-refractivity contribution in [3.05, 3.63) is 94.1 Å². The molecule has 2 aliphatic carbocycles. The highest BCUT2D eigenvalue weighted by molar-refractivity contribution is 6.06. The van der Waals surface area contributed by atoms with Gasteiger partial charge in [0.1, 0.15) is 12.4 Å². The molecule has 1 N–H and O–H groups in total. The molecule has 42 heavy (non-hydrogen) atoms. The van der Waals surface area contributed by atoms with Gasteiger partial charge in [-0.15, -0.1) is 6.58 Å². The third-order valence-corrected chi connectivity index (χ3v) is 8.06. The van der Waals surface area contributed by atoms with Crippen molar-refractivity contribution in [2.24, 2.45) is 0 Å². The first-order valence-electron chi connectivity index (χ1n) is 14.6. The Morgan fingerprint density at radius 1 is 1.05 bits per heavy atom. The van der Waals surface area contributed by atoms with Gasteiger partial charge in [-0.2, -0.15) is 0 Å². The minimum absolute atomic E-state index is 0.0128. The van der Waals surface area contributed by atoms with Gasteiger partial charge >= 0.3 is 5.97 Å². The minimum atomic E-state index is -0.921. The number of rotatable bonds is 11. The number of allylic oxidation sites excluding steroid dienone is 5. The summed E-state index contributed by atoms with van der Waals surface area (Å²) in [6.45, 7) is 6.50. The Morgan fingerprint density at radius 2 is 1.74 bits per heavy atom. The first-order valence-corrected chi connectivity index (χ1v) is 14.6. The van der Waals surface area contributed by atoms with E-state index < -0.39 is 11.9 Å². The number of carboxylic acid groups (broad SMARTS) is 1. The number of carbonyl (C=O) groups excluding carboxylic acids is 2. The Bertz CT molecular complexity index is 1440. The lowest BCUT2D eigenvalue weighted by Gasteiger charge is -2.44. The SMILES string of the molecule is C=CCc1cc(C2C3=C(CCCC3=O)N(CCC(=O)O)C3=C2C(=O)CCC3)cc(OCC)c1OCc1cccc(F)c1. The second kappa shape index (κ2) is 12.8. The topological polar surface area (TPSA) is 93.1 Å². The van der Waals surface area contributed by atoms with Crippen LogP contribution in [0.3, 0.4) is 0 Å². The second-order valence-corrected chi connectivity index (χ2v) is 10.9. The average molecular weight is 574 g/mol. The molecule has 0 fully saturated rings. The molecule has 1 heterocycles. The predicted octanol–water partition coefficient (Wildman–Crippen LogP) is 6.42. The number of benzene rings is 2. The summed E-state index contributed by atoms with van der Waals surface area (Å²) in [4.78, 5) is 40.7. The summed E-state index contributed by atoms with van der Waals surface area (Å²) in [6.07, 6.45) is 5.54. The Hall–Kier alpha value is -4.20. The molecule has 0 bridgehead atoms. The number of hydrogen-bond donors (Lipinski definition) is 1. The maximum atomic E-state index is 13.8. The second-order valence-electron chi connectivity index (χ2n) is 10.9. The van der Waals surface area contributed by atoms with E-state index in [0.29, 0.717) is 79.8 Å². The molecule has 0 spiro atoms. The Kier molecular flexibility index (Phi) is 8.90. The summed E-state index contributed by atoms with van der Waals surface area (Å²) in [7, 11) is 0. The third kappa shape index (κ3) is 5.89. The van der Waals surface area contributed by atoms with Crippen LogP contribution in [-0.2, 0) is 27.4 Å². The number of Topliss-reactive ketones (excluding diaryl/α,β-unsaturated/α-hetero) is 2. The van der Waals surface area contributed by atoms with Gasteiger partial charge in [0, 0.05) is 53.4 Å². The minimum Gasteiger partial charge on any atom is -0.490 e. The molecule has 0 atom stereocenters. The van der Waals surface area contributed by atoms with E-state index in [1.54, 1.807) is 18.2 Å². The number of hydrogen-bond acceptors (Lipinski definition) is 6. The molecule has 0 unspecified atom stereocenters. The van der Waals surface area contributed by atoms with Crippen LogP contribution < -0.4 is 9.47 Å². The van der Waals surface area contributed by atoms with E-state index in [-0.39, 0.29) is 37.0 Å². The number of ketones is 2. The van der Waals surface area contributed by atoms with Crippen LogP contribution in [0.15, 0.2) is 71.6 Å². The van der Waals surface area contributed by atoms with E-state index in [9.17, 15) is 23.9 Å². The third-order valence-electron chi connectivity index (χ3n) is 8.06. The van der Waals surface area contributed by atoms with Crippen molar-refractivity contribution in [2.75, 3.05) is 13.2 Å². The molecule has 1 aliphatic heterocycles. The normalized spacial score (nSPS) is 17.2. The van der Waals surface area contributed by atoms with Gasteiger partial charge in [0.2, 0.25) is 0 Å². The molecule has 5 rings (SSSR count). The van der Waals surface area contributed by atoms with Gasteiger partial charge in [0.15, 0.2) is 23.1 Å². The molecule has 2 aromatic carbocycles. The fraction of sp³-hybridized carbons (Fsp3) is 0.382. The van der Waals surface area contributed by atoms with Crippen LogP contribution in [0.25, 0.3) is 0 Å². The zero-order valence-electron chi connectivity index (χ0n) is 23.9. The first-order chi connectivity index (χ1) is 20.3. The summed E-state index contributed by atoms with van der Waals surface area (Å²) in [6, 6.07) is 10.0. The molecule has 3 aliphatic rings. The van der Waals surface area contributed by atoms with Crippen LogP contribution in [0.5, 0.6) is 11.5 Å². The van der Waals surface area contributed by atoms with Gasteiger partial charge in [-0.25, -0.2) is 4.39 Å². The number of aliphatic carboxylic acids is 1. The number of carboxylic acids is 1. The molecular weight excluding hydrogens is 537 g/mol. The fourth-order valence-corrected chi connectivity index (χ4v) is 6.39. The number of carbonyl (C=O) groups is 3. The molecule has 0 radical (unpaired) electrons. The average Bonchev–Trinajstić information content (AvgIpc) is 2.95. The van der Waals surface area contributed by atoms with E-state index >= 15 is 0 Å². The van der Waals surface area contributed by atoms with Gasteiger partial charge in [0.25, 0.3) is 0 Å². The van der Waals surface area contributed by atoms with E-state index in [1.807, 2.05) is 24.0 Å². The van der Waals surface area contributed by atoms with E-state index in [0.717, 1.165) is 22.5 Å². The summed E-state index contributed by atoms with van der Waals surface area (Å²) in [5, 5.41) is 9.44. The van der Waals surface area contributed by atoms with Crippen LogP contribution >= 0.6 is 0 Å². The highest BCUT2D eigenvalue weighted by Gasteiger charge is 2.43. The maximum Gasteiger partial charge on any atom is 0.305 e. The van der Waals surface area contributed by atoms with Crippen molar-refractivity contribution in [3.8, 4) is 11.5 Å². The van der Waals surface area contributed by atoms with Gasteiger partial charge in [0.05, 0.1) is 13.0 Å². The molecule has 8 heteroatoms. The summed E-state index contributed by atoms with van der Waals surface area (Å²) < 4.78 is 26.1. The summed E-state index contributed by atoms with van der Waals surface area (Å²) in [5.74, 6) is -0.877. The van der Waals surface area contributed by atoms with Gasteiger partial charge in [-0.1, -0.05) is 24.3 Å². The van der Waals surface area contributed by atoms with Crippen LogP contribution in [-0.4, -0.2) is 40.7 Å². The Balaban J connectivity index is 1.65. The van der Waals surface area contributed by atoms with Crippen LogP contribution in [0, 0.1) is 5.82 Å². The monoisotopic (exact) mass is 573 g/mol. The zero-order valence-corrected chi connectivity index (χ0v) is 23.9.